The van der Waals surface area contributed by atoms with E-state index >= 15 is 0 Å². The van der Waals surface area contributed by atoms with Gasteiger partial charge in [-0.05, 0) is 30.7 Å². The summed E-state index contributed by atoms with van der Waals surface area (Å²) in [6.07, 6.45) is 2.91. The maximum absolute atomic E-state index is 12.8. The Morgan fingerprint density at radius 1 is 1.21 bits per heavy atom. The standard InChI is InChI=1S/C22H19ClN6O4/c1-14-17(3-2-4-19(14)29(32)33)21(30)24-9-10-28-20-18(11-26-28)22(31)27(13-25-20)12-15-5-7-16(23)8-6-15/h2-8,11,13H,9-10,12H2,1H3,(H,24,30). The predicted molar refractivity (Wildman–Crippen MR) is 123 cm³/mol. The summed E-state index contributed by atoms with van der Waals surface area (Å²) < 4.78 is 3.02. The van der Waals surface area contributed by atoms with Crippen LogP contribution in [-0.4, -0.2) is 36.7 Å². The average molecular weight is 467 g/mol. The zero-order valence-corrected chi connectivity index (χ0v) is 18.3. The summed E-state index contributed by atoms with van der Waals surface area (Å²) in [4.78, 5) is 40.2. The van der Waals surface area contributed by atoms with E-state index < -0.39 is 10.8 Å². The van der Waals surface area contributed by atoms with Crippen molar-refractivity contribution >= 4 is 34.2 Å². The van der Waals surface area contributed by atoms with Crippen LogP contribution in [0.5, 0.6) is 0 Å². The van der Waals surface area contributed by atoms with Gasteiger partial charge in [0, 0.05) is 28.8 Å². The molecule has 0 saturated carbocycles. The fourth-order valence-corrected chi connectivity index (χ4v) is 3.62. The number of hydrogen-bond acceptors (Lipinski definition) is 6. The highest BCUT2D eigenvalue weighted by molar-refractivity contribution is 6.30. The first kappa shape index (κ1) is 22.2. The molecule has 0 aliphatic carbocycles. The molecule has 0 saturated heterocycles. The molecule has 0 aliphatic heterocycles. The van der Waals surface area contributed by atoms with Gasteiger partial charge in [0.1, 0.15) is 11.7 Å². The minimum Gasteiger partial charge on any atom is -0.350 e. The largest absolute Gasteiger partial charge is 0.350 e. The minimum atomic E-state index is -0.520. The van der Waals surface area contributed by atoms with E-state index in [9.17, 15) is 19.7 Å². The van der Waals surface area contributed by atoms with Crippen LogP contribution in [0.3, 0.4) is 0 Å². The van der Waals surface area contributed by atoms with E-state index in [0.717, 1.165) is 5.56 Å². The molecule has 2 heterocycles. The molecule has 11 heteroatoms. The lowest BCUT2D eigenvalue weighted by Crippen LogP contribution is -2.28. The first-order chi connectivity index (χ1) is 15.8. The van der Waals surface area contributed by atoms with Crippen LogP contribution >= 0.6 is 11.6 Å². The zero-order chi connectivity index (χ0) is 23.5. The highest BCUT2D eigenvalue weighted by atomic mass is 35.5. The average Bonchev–Trinajstić information content (AvgIpc) is 3.20. The maximum Gasteiger partial charge on any atom is 0.273 e. The fourth-order valence-electron chi connectivity index (χ4n) is 3.50. The molecule has 0 atom stereocenters. The number of carbonyl (C=O) groups is 1. The topological polar surface area (TPSA) is 125 Å². The van der Waals surface area contributed by atoms with Gasteiger partial charge in [0.05, 0.1) is 24.2 Å². The molecule has 168 valence electrons. The second-order valence-corrected chi connectivity index (χ2v) is 7.81. The molecule has 0 fully saturated rings. The molecular formula is C22H19ClN6O4. The summed E-state index contributed by atoms with van der Waals surface area (Å²) in [5, 5.41) is 19.0. The number of hydrogen-bond donors (Lipinski definition) is 1. The van der Waals surface area contributed by atoms with Gasteiger partial charge < -0.3 is 5.32 Å². The van der Waals surface area contributed by atoms with Gasteiger partial charge in [-0.2, -0.15) is 5.10 Å². The number of nitrogens with one attached hydrogen (secondary N) is 1. The van der Waals surface area contributed by atoms with Crippen molar-refractivity contribution in [3.63, 3.8) is 0 Å². The van der Waals surface area contributed by atoms with E-state index in [4.69, 9.17) is 11.6 Å². The molecule has 4 aromatic rings. The van der Waals surface area contributed by atoms with E-state index in [1.165, 1.54) is 46.9 Å². The number of fused-ring (bicyclic) bond motifs is 1. The molecule has 33 heavy (non-hydrogen) atoms. The molecule has 2 aromatic carbocycles. The smallest absolute Gasteiger partial charge is 0.273 e. The Morgan fingerprint density at radius 2 is 1.97 bits per heavy atom. The second kappa shape index (κ2) is 9.21. The third-order valence-electron chi connectivity index (χ3n) is 5.24. The molecule has 0 aliphatic rings. The van der Waals surface area contributed by atoms with Gasteiger partial charge in [0.15, 0.2) is 5.65 Å². The van der Waals surface area contributed by atoms with Crippen LogP contribution in [0.2, 0.25) is 5.02 Å². The summed E-state index contributed by atoms with van der Waals surface area (Å²) in [6, 6.07) is 11.6. The van der Waals surface area contributed by atoms with Gasteiger partial charge in [-0.1, -0.05) is 29.8 Å². The molecule has 0 unspecified atom stereocenters. The quantitative estimate of drug-likeness (QED) is 0.330. The molecule has 1 N–H and O–H groups in total. The Bertz CT molecular complexity index is 1410. The number of nitro benzene ring substituents is 1. The number of rotatable bonds is 7. The van der Waals surface area contributed by atoms with Crippen molar-refractivity contribution in [1.29, 1.82) is 0 Å². The first-order valence-corrected chi connectivity index (χ1v) is 10.4. The van der Waals surface area contributed by atoms with E-state index in [1.807, 2.05) is 12.1 Å². The lowest BCUT2D eigenvalue weighted by molar-refractivity contribution is -0.385. The van der Waals surface area contributed by atoms with Crippen LogP contribution in [0.1, 0.15) is 21.5 Å². The van der Waals surface area contributed by atoms with Crippen molar-refractivity contribution < 1.29 is 9.72 Å². The van der Waals surface area contributed by atoms with Gasteiger partial charge >= 0.3 is 0 Å². The predicted octanol–water partition coefficient (Wildman–Crippen LogP) is 2.94. The van der Waals surface area contributed by atoms with Crippen LogP contribution in [0.25, 0.3) is 11.0 Å². The highest BCUT2D eigenvalue weighted by Gasteiger charge is 2.18. The van der Waals surface area contributed by atoms with E-state index in [-0.39, 0.29) is 29.9 Å². The number of nitro groups is 1. The number of benzene rings is 2. The number of halogens is 1. The zero-order valence-electron chi connectivity index (χ0n) is 17.6. The van der Waals surface area contributed by atoms with Crippen molar-refractivity contribution in [3.8, 4) is 0 Å². The SMILES string of the molecule is Cc1c(C(=O)NCCn2ncc3c(=O)n(Cc4ccc(Cl)cc4)cnc32)cccc1[N+](=O)[O-]. The Hall–Kier alpha value is -4.05. The van der Waals surface area contributed by atoms with Gasteiger partial charge in [0.25, 0.3) is 17.2 Å². The maximum atomic E-state index is 12.8. The van der Waals surface area contributed by atoms with Crippen LogP contribution in [0, 0.1) is 17.0 Å². The number of carbonyl (C=O) groups excluding carboxylic acids is 1. The summed E-state index contributed by atoms with van der Waals surface area (Å²) in [7, 11) is 0. The molecule has 0 bridgehead atoms. The molecule has 2 aromatic heterocycles. The normalized spacial score (nSPS) is 11.0. The molecule has 0 spiro atoms. The van der Waals surface area contributed by atoms with Crippen LogP contribution in [-0.2, 0) is 13.1 Å². The summed E-state index contributed by atoms with van der Waals surface area (Å²) in [6.45, 7) is 2.36. The van der Waals surface area contributed by atoms with Gasteiger partial charge in [0.2, 0.25) is 0 Å². The summed E-state index contributed by atoms with van der Waals surface area (Å²) in [5.74, 6) is -0.425. The monoisotopic (exact) mass is 466 g/mol. The summed E-state index contributed by atoms with van der Waals surface area (Å²) in [5.41, 5.74) is 1.52. The Kier molecular flexibility index (Phi) is 6.18. The molecule has 4 rings (SSSR count). The summed E-state index contributed by atoms with van der Waals surface area (Å²) >= 11 is 5.90. The highest BCUT2D eigenvalue weighted by Crippen LogP contribution is 2.21. The van der Waals surface area contributed by atoms with Gasteiger partial charge in [-0.3, -0.25) is 24.3 Å². The fraction of sp³-hybridized carbons (Fsp3) is 0.182. The van der Waals surface area contributed by atoms with Crippen LogP contribution in [0.4, 0.5) is 5.69 Å². The van der Waals surface area contributed by atoms with Gasteiger partial charge in [-0.15, -0.1) is 0 Å². The van der Waals surface area contributed by atoms with E-state index in [0.29, 0.717) is 28.2 Å². The lowest BCUT2D eigenvalue weighted by atomic mass is 10.1. The van der Waals surface area contributed by atoms with Gasteiger partial charge in [-0.25, -0.2) is 9.67 Å². The minimum absolute atomic E-state index is 0.111. The lowest BCUT2D eigenvalue weighted by Gasteiger charge is -2.09. The molecule has 1 amide bonds. The number of nitrogens with zero attached hydrogens (tertiary/aromatic N) is 5. The Morgan fingerprint density at radius 3 is 2.70 bits per heavy atom. The molecule has 10 nitrogen and oxygen atoms in total. The molecular weight excluding hydrogens is 448 g/mol. The first-order valence-electron chi connectivity index (χ1n) is 10.0. The van der Waals surface area contributed by atoms with Crippen molar-refractivity contribution in [2.24, 2.45) is 0 Å². The number of aromatic nitrogens is 4. The number of amides is 1. The van der Waals surface area contributed by atoms with E-state index in [2.05, 4.69) is 15.4 Å². The van der Waals surface area contributed by atoms with Crippen molar-refractivity contribution in [3.05, 3.63) is 97.2 Å². The third kappa shape index (κ3) is 4.60. The third-order valence-corrected chi connectivity index (χ3v) is 5.50. The van der Waals surface area contributed by atoms with Crippen molar-refractivity contribution in [1.82, 2.24) is 24.6 Å². The molecule has 0 radical (unpaired) electrons. The van der Waals surface area contributed by atoms with E-state index in [1.54, 1.807) is 12.1 Å². The Balaban J connectivity index is 1.46. The van der Waals surface area contributed by atoms with Crippen molar-refractivity contribution in [2.45, 2.75) is 20.0 Å². The second-order valence-electron chi connectivity index (χ2n) is 7.37. The van der Waals surface area contributed by atoms with Crippen molar-refractivity contribution in [2.75, 3.05) is 6.54 Å². The Labute approximate surface area is 192 Å². The van der Waals surface area contributed by atoms with Crippen LogP contribution in [0.15, 0.2) is 59.8 Å². The van der Waals surface area contributed by atoms with Crippen LogP contribution < -0.4 is 10.9 Å².